The maximum absolute atomic E-state index is 14.0. The molecule has 0 bridgehead atoms. The van der Waals surface area contributed by atoms with Crippen molar-refractivity contribution in [3.05, 3.63) is 59.9 Å². The molecule has 0 saturated heterocycles. The van der Waals surface area contributed by atoms with Crippen LogP contribution < -0.4 is 16.0 Å². The Balaban J connectivity index is 1.54. The normalized spacial score (nSPS) is 13.3. The van der Waals surface area contributed by atoms with Gasteiger partial charge in [0.15, 0.2) is 0 Å². The molecule has 0 aliphatic heterocycles. The lowest BCUT2D eigenvalue weighted by Gasteiger charge is -2.10. The summed E-state index contributed by atoms with van der Waals surface area (Å²) in [5.41, 5.74) is 1.34. The molecule has 2 aromatic carbocycles. The zero-order chi connectivity index (χ0) is 18.4. The van der Waals surface area contributed by atoms with Crippen molar-refractivity contribution >= 4 is 23.2 Å². The minimum absolute atomic E-state index is 0.0506. The van der Waals surface area contributed by atoms with Crippen molar-refractivity contribution in [3.8, 4) is 0 Å². The minimum atomic E-state index is -0.545. The van der Waals surface area contributed by atoms with Crippen molar-refractivity contribution in [1.82, 2.24) is 5.32 Å². The predicted octanol–water partition coefficient (Wildman–Crippen LogP) is 2.95. The van der Waals surface area contributed by atoms with Crippen LogP contribution in [0.3, 0.4) is 0 Å². The highest BCUT2D eigenvalue weighted by atomic mass is 19.1. The third-order valence-electron chi connectivity index (χ3n) is 4.15. The molecule has 0 spiro atoms. The monoisotopic (exact) mass is 355 g/mol. The molecule has 0 radical (unpaired) electrons. The van der Waals surface area contributed by atoms with Crippen LogP contribution >= 0.6 is 0 Å². The molecule has 3 rings (SSSR count). The first-order chi connectivity index (χ1) is 12.6. The quantitative estimate of drug-likeness (QED) is 0.682. The fourth-order valence-electron chi connectivity index (χ4n) is 2.59. The van der Waals surface area contributed by atoms with E-state index in [-0.39, 0.29) is 30.5 Å². The van der Waals surface area contributed by atoms with E-state index in [4.69, 9.17) is 0 Å². The highest BCUT2D eigenvalue weighted by molar-refractivity contribution is 5.95. The molecule has 0 unspecified atom stereocenters. The van der Waals surface area contributed by atoms with Gasteiger partial charge >= 0.3 is 0 Å². The van der Waals surface area contributed by atoms with E-state index in [9.17, 15) is 14.0 Å². The summed E-state index contributed by atoms with van der Waals surface area (Å²) in [4.78, 5) is 24.0. The van der Waals surface area contributed by atoms with Gasteiger partial charge in [0.1, 0.15) is 5.82 Å². The van der Waals surface area contributed by atoms with E-state index < -0.39 is 5.82 Å². The smallest absolute Gasteiger partial charge is 0.238 e. The third-order valence-corrected chi connectivity index (χ3v) is 4.15. The van der Waals surface area contributed by atoms with E-state index in [0.717, 1.165) is 12.1 Å². The SMILES string of the molecule is O=C(CNCC1CC1)Nc1ccc(F)c(NC(=O)Cc2ccccc2)c1. The standard InChI is InChI=1S/C20H22FN3O2/c21-17-9-8-16(23-20(26)13-22-12-15-6-7-15)11-18(17)24-19(25)10-14-4-2-1-3-5-14/h1-5,8-9,11,15,22H,6-7,10,12-13H2,(H,23,26)(H,24,25). The largest absolute Gasteiger partial charge is 0.325 e. The molecule has 6 heteroatoms. The molecular formula is C20H22FN3O2. The Hall–Kier alpha value is -2.73. The second-order valence-electron chi connectivity index (χ2n) is 6.53. The molecule has 0 atom stereocenters. The predicted molar refractivity (Wildman–Crippen MR) is 99.4 cm³/mol. The molecule has 1 aliphatic carbocycles. The Bertz CT molecular complexity index is 776. The van der Waals surface area contributed by atoms with Crippen molar-refractivity contribution in [2.75, 3.05) is 23.7 Å². The van der Waals surface area contributed by atoms with Crippen LogP contribution in [0.2, 0.25) is 0 Å². The summed E-state index contributed by atoms with van der Waals surface area (Å²) in [6.07, 6.45) is 2.60. The number of halogens is 1. The molecular weight excluding hydrogens is 333 g/mol. The summed E-state index contributed by atoms with van der Waals surface area (Å²) in [7, 11) is 0. The lowest BCUT2D eigenvalue weighted by Crippen LogP contribution is -2.29. The molecule has 26 heavy (non-hydrogen) atoms. The number of rotatable bonds is 8. The first-order valence-electron chi connectivity index (χ1n) is 8.74. The van der Waals surface area contributed by atoms with E-state index in [1.54, 1.807) is 0 Å². The van der Waals surface area contributed by atoms with Gasteiger partial charge in [-0.25, -0.2) is 4.39 Å². The van der Waals surface area contributed by atoms with Gasteiger partial charge in [0.25, 0.3) is 0 Å². The third kappa shape index (κ3) is 5.67. The van der Waals surface area contributed by atoms with E-state index in [1.807, 2.05) is 30.3 Å². The van der Waals surface area contributed by atoms with Crippen molar-refractivity contribution in [2.45, 2.75) is 19.3 Å². The lowest BCUT2D eigenvalue weighted by atomic mass is 10.1. The Morgan fingerprint density at radius 3 is 2.50 bits per heavy atom. The number of anilines is 2. The molecule has 1 aliphatic rings. The minimum Gasteiger partial charge on any atom is -0.325 e. The number of carbonyl (C=O) groups is 2. The average molecular weight is 355 g/mol. The van der Waals surface area contributed by atoms with Crippen LogP contribution in [0, 0.1) is 11.7 Å². The van der Waals surface area contributed by atoms with E-state index in [1.165, 1.54) is 31.0 Å². The first-order valence-corrected chi connectivity index (χ1v) is 8.74. The molecule has 3 N–H and O–H groups in total. The van der Waals surface area contributed by atoms with E-state index >= 15 is 0 Å². The van der Waals surface area contributed by atoms with Crippen LogP contribution in [-0.4, -0.2) is 24.9 Å². The molecule has 2 amide bonds. The summed E-state index contributed by atoms with van der Waals surface area (Å²) in [6, 6.07) is 13.4. The maximum Gasteiger partial charge on any atom is 0.238 e. The van der Waals surface area contributed by atoms with Gasteiger partial charge < -0.3 is 16.0 Å². The summed E-state index contributed by atoms with van der Waals surface area (Å²) in [6.45, 7) is 1.06. The van der Waals surface area contributed by atoms with Gasteiger partial charge in [0.2, 0.25) is 11.8 Å². The van der Waals surface area contributed by atoms with Gasteiger partial charge in [0.05, 0.1) is 18.7 Å². The van der Waals surface area contributed by atoms with Crippen molar-refractivity contribution in [1.29, 1.82) is 0 Å². The average Bonchev–Trinajstić information content (AvgIpc) is 3.43. The summed E-state index contributed by atoms with van der Waals surface area (Å²) >= 11 is 0. The molecule has 1 saturated carbocycles. The number of hydrogen-bond acceptors (Lipinski definition) is 3. The fourth-order valence-corrected chi connectivity index (χ4v) is 2.59. The zero-order valence-corrected chi connectivity index (χ0v) is 14.4. The molecule has 5 nitrogen and oxygen atoms in total. The topological polar surface area (TPSA) is 70.2 Å². The van der Waals surface area contributed by atoms with Gasteiger partial charge in [-0.2, -0.15) is 0 Å². The van der Waals surface area contributed by atoms with Gasteiger partial charge in [-0.15, -0.1) is 0 Å². The Morgan fingerprint density at radius 2 is 1.77 bits per heavy atom. The van der Waals surface area contributed by atoms with E-state index in [0.29, 0.717) is 11.6 Å². The summed E-state index contributed by atoms with van der Waals surface area (Å²) in [5.74, 6) is -0.361. The molecule has 0 heterocycles. The maximum atomic E-state index is 14.0. The Labute approximate surface area is 152 Å². The highest BCUT2D eigenvalue weighted by Crippen LogP contribution is 2.27. The van der Waals surface area contributed by atoms with Crippen LogP contribution in [-0.2, 0) is 16.0 Å². The second kappa shape index (κ2) is 8.58. The number of benzene rings is 2. The molecule has 2 aromatic rings. The number of nitrogens with one attached hydrogen (secondary N) is 3. The van der Waals surface area contributed by atoms with Gasteiger partial charge in [0, 0.05) is 5.69 Å². The molecule has 0 aromatic heterocycles. The fraction of sp³-hybridized carbons (Fsp3) is 0.300. The van der Waals surface area contributed by atoms with Crippen molar-refractivity contribution in [3.63, 3.8) is 0 Å². The Morgan fingerprint density at radius 1 is 1.00 bits per heavy atom. The van der Waals surface area contributed by atoms with Gasteiger partial charge in [-0.1, -0.05) is 30.3 Å². The lowest BCUT2D eigenvalue weighted by molar-refractivity contribution is -0.116. The second-order valence-corrected chi connectivity index (χ2v) is 6.53. The first kappa shape index (κ1) is 18.1. The van der Waals surface area contributed by atoms with Gasteiger partial charge in [-0.05, 0) is 49.1 Å². The molecule has 136 valence electrons. The van der Waals surface area contributed by atoms with Crippen LogP contribution in [0.1, 0.15) is 18.4 Å². The van der Waals surface area contributed by atoms with E-state index in [2.05, 4.69) is 16.0 Å². The Kier molecular flexibility index (Phi) is 5.96. The highest BCUT2D eigenvalue weighted by Gasteiger charge is 2.20. The van der Waals surface area contributed by atoms with Crippen LogP contribution in [0.25, 0.3) is 0 Å². The summed E-state index contributed by atoms with van der Waals surface area (Å²) in [5, 5.41) is 8.36. The number of carbonyl (C=O) groups excluding carboxylic acids is 2. The van der Waals surface area contributed by atoms with Crippen molar-refractivity contribution in [2.24, 2.45) is 5.92 Å². The van der Waals surface area contributed by atoms with Gasteiger partial charge in [-0.3, -0.25) is 9.59 Å². The van der Waals surface area contributed by atoms with Crippen LogP contribution in [0.4, 0.5) is 15.8 Å². The van der Waals surface area contributed by atoms with Crippen molar-refractivity contribution < 1.29 is 14.0 Å². The number of amides is 2. The molecule has 1 fully saturated rings. The zero-order valence-electron chi connectivity index (χ0n) is 14.4. The number of hydrogen-bond donors (Lipinski definition) is 3. The van der Waals surface area contributed by atoms with Crippen LogP contribution in [0.5, 0.6) is 0 Å². The summed E-state index contributed by atoms with van der Waals surface area (Å²) < 4.78 is 14.0. The van der Waals surface area contributed by atoms with Crippen LogP contribution in [0.15, 0.2) is 48.5 Å².